The summed E-state index contributed by atoms with van der Waals surface area (Å²) in [4.78, 5) is 14.4. The molecular formula is C20H26N2O3. The first-order chi connectivity index (χ1) is 12.3. The first kappa shape index (κ1) is 17.5. The second kappa shape index (κ2) is 8.72. The van der Waals surface area contributed by atoms with Crippen molar-refractivity contribution < 1.29 is 13.9 Å². The second-order valence-corrected chi connectivity index (χ2v) is 6.24. The lowest BCUT2D eigenvalue weighted by Crippen LogP contribution is -2.43. The van der Waals surface area contributed by atoms with Crippen LogP contribution in [0.4, 0.5) is 5.88 Å². The van der Waals surface area contributed by atoms with Crippen LogP contribution in [0, 0.1) is 0 Å². The van der Waals surface area contributed by atoms with Gasteiger partial charge in [0.05, 0.1) is 6.61 Å². The minimum Gasteiger partial charge on any atom is -0.460 e. The van der Waals surface area contributed by atoms with Crippen molar-refractivity contribution in [2.24, 2.45) is 0 Å². The number of carbonyl (C=O) groups is 1. The zero-order valence-electron chi connectivity index (χ0n) is 14.8. The van der Waals surface area contributed by atoms with Crippen molar-refractivity contribution in [2.45, 2.75) is 26.2 Å². The number of ether oxygens (including phenoxy) is 1. The summed E-state index contributed by atoms with van der Waals surface area (Å²) in [5, 5.41) is 3.33. The number of esters is 1. The zero-order chi connectivity index (χ0) is 17.5. The van der Waals surface area contributed by atoms with Crippen LogP contribution in [0.5, 0.6) is 0 Å². The van der Waals surface area contributed by atoms with Crippen molar-refractivity contribution in [3.05, 3.63) is 53.3 Å². The number of hydrogen-bond donors (Lipinski definition) is 1. The highest BCUT2D eigenvalue weighted by Crippen LogP contribution is 2.26. The fourth-order valence-electron chi connectivity index (χ4n) is 3.14. The second-order valence-electron chi connectivity index (χ2n) is 6.24. The van der Waals surface area contributed by atoms with Crippen LogP contribution < -0.4 is 10.2 Å². The third kappa shape index (κ3) is 4.63. The van der Waals surface area contributed by atoms with Crippen molar-refractivity contribution >= 4 is 11.9 Å². The minimum absolute atomic E-state index is 0.353. The molecule has 2 aromatic rings. The number of nitrogens with zero attached hydrogens (tertiary/aromatic N) is 1. The quantitative estimate of drug-likeness (QED) is 0.784. The number of rotatable bonds is 7. The molecule has 5 heteroatoms. The maximum absolute atomic E-state index is 12.2. The third-order valence-corrected chi connectivity index (χ3v) is 4.44. The molecule has 0 radical (unpaired) electrons. The summed E-state index contributed by atoms with van der Waals surface area (Å²) in [6, 6.07) is 12.4. The lowest BCUT2D eigenvalue weighted by molar-refractivity contribution is 0.0489. The predicted octanol–water partition coefficient (Wildman–Crippen LogP) is 3.04. The van der Waals surface area contributed by atoms with Gasteiger partial charge in [0.1, 0.15) is 0 Å². The molecule has 134 valence electrons. The van der Waals surface area contributed by atoms with Crippen LogP contribution in [0.1, 0.15) is 35.0 Å². The summed E-state index contributed by atoms with van der Waals surface area (Å²) in [7, 11) is 0. The summed E-state index contributed by atoms with van der Waals surface area (Å²) in [6.45, 7) is 5.80. The van der Waals surface area contributed by atoms with E-state index in [1.54, 1.807) is 0 Å². The number of benzene rings is 1. The van der Waals surface area contributed by atoms with E-state index in [0.717, 1.165) is 56.9 Å². The topological polar surface area (TPSA) is 54.7 Å². The number of aryl methyl sites for hydroxylation is 2. The lowest BCUT2D eigenvalue weighted by Gasteiger charge is -2.26. The average Bonchev–Trinajstić information content (AvgIpc) is 3.08. The smallest absolute Gasteiger partial charge is 0.374 e. The molecule has 1 aliphatic rings. The van der Waals surface area contributed by atoms with E-state index in [2.05, 4.69) is 34.5 Å². The molecule has 2 heterocycles. The van der Waals surface area contributed by atoms with E-state index in [0.29, 0.717) is 12.4 Å². The highest BCUT2D eigenvalue weighted by molar-refractivity contribution is 5.88. The molecular weight excluding hydrogens is 316 g/mol. The highest BCUT2D eigenvalue weighted by atomic mass is 16.5. The third-order valence-electron chi connectivity index (χ3n) is 4.44. The Morgan fingerprint density at radius 1 is 1.20 bits per heavy atom. The van der Waals surface area contributed by atoms with E-state index in [-0.39, 0.29) is 5.97 Å². The molecule has 1 saturated heterocycles. The van der Waals surface area contributed by atoms with E-state index in [1.807, 2.05) is 19.1 Å². The van der Waals surface area contributed by atoms with Crippen LogP contribution in [0.3, 0.4) is 0 Å². The molecule has 0 bridgehead atoms. The minimum atomic E-state index is -0.362. The van der Waals surface area contributed by atoms with Crippen LogP contribution in [-0.2, 0) is 17.6 Å². The number of hydrogen-bond acceptors (Lipinski definition) is 5. The molecule has 1 aliphatic heterocycles. The van der Waals surface area contributed by atoms with Crippen molar-refractivity contribution in [3.8, 4) is 0 Å². The summed E-state index contributed by atoms with van der Waals surface area (Å²) in [5.74, 6) is 0.779. The Morgan fingerprint density at radius 3 is 2.68 bits per heavy atom. The van der Waals surface area contributed by atoms with Gasteiger partial charge in [0.15, 0.2) is 5.88 Å². The van der Waals surface area contributed by atoms with E-state index in [4.69, 9.17) is 9.15 Å². The van der Waals surface area contributed by atoms with Gasteiger partial charge in [-0.3, -0.25) is 0 Å². The van der Waals surface area contributed by atoms with Crippen LogP contribution >= 0.6 is 0 Å². The molecule has 0 atom stereocenters. The zero-order valence-corrected chi connectivity index (χ0v) is 14.8. The van der Waals surface area contributed by atoms with Crippen LogP contribution in [0.25, 0.3) is 0 Å². The predicted molar refractivity (Wildman–Crippen MR) is 98.2 cm³/mol. The van der Waals surface area contributed by atoms with E-state index < -0.39 is 0 Å². The van der Waals surface area contributed by atoms with E-state index >= 15 is 0 Å². The maximum atomic E-state index is 12.2. The molecule has 1 fully saturated rings. The highest BCUT2D eigenvalue weighted by Gasteiger charge is 2.23. The average molecular weight is 342 g/mol. The van der Waals surface area contributed by atoms with Gasteiger partial charge in [-0.1, -0.05) is 30.3 Å². The Kier molecular flexibility index (Phi) is 6.12. The molecule has 0 spiro atoms. The van der Waals surface area contributed by atoms with E-state index in [1.165, 1.54) is 5.56 Å². The maximum Gasteiger partial charge on any atom is 0.374 e. The fourth-order valence-corrected chi connectivity index (χ4v) is 3.14. The molecule has 0 saturated carbocycles. The monoisotopic (exact) mass is 342 g/mol. The molecule has 5 nitrogen and oxygen atoms in total. The standard InChI is InChI=1S/C20H26N2O3/c1-2-24-20(23)19-17(10-6-9-16-7-4-3-5-8-16)15-18(25-19)22-13-11-21-12-14-22/h3-5,7-8,15,21H,2,6,9-14H2,1H3. The first-order valence-electron chi connectivity index (χ1n) is 9.07. The summed E-state index contributed by atoms with van der Waals surface area (Å²) >= 11 is 0. The number of nitrogens with one attached hydrogen (secondary N) is 1. The van der Waals surface area contributed by atoms with Gasteiger partial charge >= 0.3 is 5.97 Å². The SMILES string of the molecule is CCOC(=O)c1oc(N2CCNCC2)cc1CCCc1ccccc1. The number of piperazine rings is 1. The molecule has 0 unspecified atom stereocenters. The van der Waals surface area contributed by atoms with Gasteiger partial charge in [-0.25, -0.2) is 4.79 Å². The van der Waals surface area contributed by atoms with Crippen molar-refractivity contribution in [2.75, 3.05) is 37.7 Å². The van der Waals surface area contributed by atoms with Gasteiger partial charge in [0.25, 0.3) is 0 Å². The van der Waals surface area contributed by atoms with Crippen molar-refractivity contribution in [1.82, 2.24) is 5.32 Å². The normalized spacial score (nSPS) is 14.5. The fraction of sp³-hybridized carbons (Fsp3) is 0.450. The van der Waals surface area contributed by atoms with Crippen molar-refractivity contribution in [1.29, 1.82) is 0 Å². The molecule has 1 N–H and O–H groups in total. The largest absolute Gasteiger partial charge is 0.460 e. The van der Waals surface area contributed by atoms with Gasteiger partial charge in [-0.15, -0.1) is 0 Å². The molecule has 0 amide bonds. The Labute approximate surface area is 149 Å². The molecule has 0 aliphatic carbocycles. The summed E-state index contributed by atoms with van der Waals surface area (Å²) < 4.78 is 11.1. The molecule has 25 heavy (non-hydrogen) atoms. The van der Waals surface area contributed by atoms with Gasteiger partial charge in [-0.2, -0.15) is 0 Å². The first-order valence-corrected chi connectivity index (χ1v) is 9.07. The van der Waals surface area contributed by atoms with Crippen LogP contribution in [0.2, 0.25) is 0 Å². The number of anilines is 1. The Bertz CT molecular complexity index is 676. The van der Waals surface area contributed by atoms with Crippen LogP contribution in [0.15, 0.2) is 40.8 Å². The number of carbonyl (C=O) groups excluding carboxylic acids is 1. The van der Waals surface area contributed by atoms with E-state index in [9.17, 15) is 4.79 Å². The molecule has 1 aromatic carbocycles. The Balaban J connectivity index is 1.70. The Hall–Kier alpha value is -2.27. The summed E-state index contributed by atoms with van der Waals surface area (Å²) in [6.07, 6.45) is 2.76. The van der Waals surface area contributed by atoms with Gasteiger partial charge in [0.2, 0.25) is 5.76 Å². The van der Waals surface area contributed by atoms with Crippen LogP contribution in [-0.4, -0.2) is 38.8 Å². The lowest BCUT2D eigenvalue weighted by atomic mass is 10.0. The Morgan fingerprint density at radius 2 is 1.96 bits per heavy atom. The van der Waals surface area contributed by atoms with Gasteiger partial charge < -0.3 is 19.4 Å². The summed E-state index contributed by atoms with van der Waals surface area (Å²) in [5.41, 5.74) is 2.26. The van der Waals surface area contributed by atoms with Gasteiger partial charge in [-0.05, 0) is 31.7 Å². The van der Waals surface area contributed by atoms with Gasteiger partial charge in [0, 0.05) is 37.8 Å². The van der Waals surface area contributed by atoms with Crippen molar-refractivity contribution in [3.63, 3.8) is 0 Å². The molecule has 3 rings (SSSR count). The molecule has 1 aromatic heterocycles. The number of furan rings is 1.